The van der Waals surface area contributed by atoms with E-state index in [9.17, 15) is 14.2 Å². The number of hydrogen-bond acceptors (Lipinski definition) is 12. The Morgan fingerprint density at radius 2 is 1.48 bits per heavy atom. The highest BCUT2D eigenvalue weighted by Crippen LogP contribution is 2.50. The van der Waals surface area contributed by atoms with Crippen LogP contribution in [0, 0.1) is 0 Å². The fraction of sp³-hybridized carbons (Fsp3) is 0.273. The maximum absolute atomic E-state index is 13.9. The van der Waals surface area contributed by atoms with Crippen LogP contribution in [0.3, 0.4) is 0 Å². The van der Waals surface area contributed by atoms with E-state index in [-0.39, 0.29) is 36.9 Å². The molecule has 3 N–H and O–H groups in total. The number of fused-ring (bicyclic) bond motifs is 2. The van der Waals surface area contributed by atoms with Crippen molar-refractivity contribution >= 4 is 30.7 Å². The average Bonchev–Trinajstić information content (AvgIpc) is 3.81. The van der Waals surface area contributed by atoms with Crippen molar-refractivity contribution < 1.29 is 37.4 Å². The average molecular weight is 674 g/mol. The number of esters is 1. The van der Waals surface area contributed by atoms with Crippen LogP contribution in [0.15, 0.2) is 102 Å². The molecule has 1 unspecified atom stereocenters. The highest BCUT2D eigenvalue weighted by molar-refractivity contribution is 7.54. The van der Waals surface area contributed by atoms with Gasteiger partial charge in [0.2, 0.25) is 5.95 Å². The molecule has 248 valence electrons. The summed E-state index contributed by atoms with van der Waals surface area (Å²) in [6, 6.07) is 27.7. The first-order valence-corrected chi connectivity index (χ1v) is 16.9. The van der Waals surface area contributed by atoms with E-state index in [0.717, 1.165) is 16.7 Å². The van der Waals surface area contributed by atoms with E-state index in [2.05, 4.69) is 15.0 Å². The number of imidazole rings is 1. The molecule has 2 fully saturated rings. The van der Waals surface area contributed by atoms with Crippen molar-refractivity contribution in [3.8, 4) is 0 Å². The predicted molar refractivity (Wildman–Crippen MR) is 171 cm³/mol. The molecule has 2 saturated heterocycles. The zero-order chi connectivity index (χ0) is 33.1. The number of H-pyrrole nitrogens is 1. The van der Waals surface area contributed by atoms with Crippen LogP contribution in [0.4, 0.5) is 5.95 Å². The molecule has 3 aromatic carbocycles. The minimum atomic E-state index is -3.96. The van der Waals surface area contributed by atoms with Gasteiger partial charge in [-0.1, -0.05) is 91.0 Å². The zero-order valence-corrected chi connectivity index (χ0v) is 26.4. The second kappa shape index (κ2) is 13.8. The lowest BCUT2D eigenvalue weighted by molar-refractivity contribution is -0.165. The number of nitrogen functional groups attached to an aromatic ring is 1. The number of carbonyl (C=O) groups excluding carboxylic acids is 1. The number of aromatic nitrogens is 4. The molecule has 0 radical (unpaired) electrons. The fourth-order valence-corrected chi connectivity index (χ4v) is 6.95. The van der Waals surface area contributed by atoms with E-state index in [1.165, 1.54) is 6.33 Å². The van der Waals surface area contributed by atoms with E-state index in [1.807, 2.05) is 91.0 Å². The number of benzene rings is 3. The van der Waals surface area contributed by atoms with E-state index >= 15 is 0 Å². The van der Waals surface area contributed by atoms with Crippen molar-refractivity contribution in [2.24, 2.45) is 0 Å². The quantitative estimate of drug-likeness (QED) is 0.142. The number of nitrogens with one attached hydrogen (secondary N) is 1. The topological polar surface area (TPSA) is 179 Å². The molecular weight excluding hydrogens is 641 g/mol. The van der Waals surface area contributed by atoms with Gasteiger partial charge in [0.05, 0.1) is 19.5 Å². The zero-order valence-electron chi connectivity index (χ0n) is 25.5. The third-order valence-electron chi connectivity index (χ3n) is 7.92. The second-order valence-electron chi connectivity index (χ2n) is 11.3. The first-order valence-electron chi connectivity index (χ1n) is 15.2. The molecule has 0 bridgehead atoms. The highest BCUT2D eigenvalue weighted by atomic mass is 31.2. The van der Waals surface area contributed by atoms with Gasteiger partial charge in [-0.3, -0.25) is 23.7 Å². The molecule has 7 rings (SSSR count). The maximum Gasteiger partial charge on any atom is 0.342 e. The molecule has 48 heavy (non-hydrogen) atoms. The normalized spacial score (nSPS) is 22.1. The number of carbonyl (C=O) groups is 1. The Balaban J connectivity index is 1.08. The third-order valence-corrected chi connectivity index (χ3v) is 9.61. The van der Waals surface area contributed by atoms with Crippen LogP contribution in [-0.2, 0) is 50.6 Å². The van der Waals surface area contributed by atoms with Crippen molar-refractivity contribution in [3.05, 3.63) is 124 Å². The molecule has 2 aliphatic heterocycles. The van der Waals surface area contributed by atoms with Crippen molar-refractivity contribution in [2.75, 3.05) is 18.5 Å². The van der Waals surface area contributed by atoms with E-state index in [4.69, 9.17) is 33.7 Å². The van der Waals surface area contributed by atoms with Crippen LogP contribution in [0.25, 0.3) is 11.2 Å². The van der Waals surface area contributed by atoms with Gasteiger partial charge in [-0.15, -0.1) is 0 Å². The number of nitrogens with two attached hydrogens (primary N) is 1. The molecule has 0 aliphatic carbocycles. The summed E-state index contributed by atoms with van der Waals surface area (Å²) in [5, 5.41) is 0. The molecule has 2 aliphatic rings. The lowest BCUT2D eigenvalue weighted by atomic mass is 10.1. The lowest BCUT2D eigenvalue weighted by Gasteiger charge is -2.22. The number of hydrogen-bond donors (Lipinski definition) is 2. The molecule has 4 heterocycles. The van der Waals surface area contributed by atoms with Crippen molar-refractivity contribution in [1.29, 1.82) is 0 Å². The highest BCUT2D eigenvalue weighted by Gasteiger charge is 2.54. The Bertz CT molecular complexity index is 1930. The minimum absolute atomic E-state index is 0.0241. The van der Waals surface area contributed by atoms with E-state index < -0.39 is 56.1 Å². The van der Waals surface area contributed by atoms with Crippen LogP contribution in [-0.4, -0.2) is 56.6 Å². The van der Waals surface area contributed by atoms with Gasteiger partial charge in [-0.2, -0.15) is 4.98 Å². The number of rotatable bonds is 12. The van der Waals surface area contributed by atoms with Crippen LogP contribution >= 0.6 is 7.60 Å². The Morgan fingerprint density at radius 1 is 0.875 bits per heavy atom. The van der Waals surface area contributed by atoms with Crippen molar-refractivity contribution in [3.63, 3.8) is 0 Å². The number of anilines is 1. The summed E-state index contributed by atoms with van der Waals surface area (Å²) in [6.07, 6.45) is -3.02. The molecule has 0 saturated carbocycles. The Kier molecular flexibility index (Phi) is 9.17. The number of aromatic amines is 1. The first kappa shape index (κ1) is 31.9. The fourth-order valence-electron chi connectivity index (χ4n) is 5.59. The maximum atomic E-state index is 13.9. The summed E-state index contributed by atoms with van der Waals surface area (Å²) in [5.74, 6) is -0.899. The summed E-state index contributed by atoms with van der Waals surface area (Å²) >= 11 is 0. The van der Waals surface area contributed by atoms with Gasteiger partial charge >= 0.3 is 13.6 Å². The van der Waals surface area contributed by atoms with E-state index in [1.54, 1.807) is 4.57 Å². The van der Waals surface area contributed by atoms with Gasteiger partial charge in [-0.05, 0) is 11.1 Å². The Labute approximate surface area is 274 Å². The van der Waals surface area contributed by atoms with Crippen molar-refractivity contribution in [1.82, 2.24) is 19.5 Å². The van der Waals surface area contributed by atoms with Crippen molar-refractivity contribution in [2.45, 2.75) is 44.0 Å². The van der Waals surface area contributed by atoms with Gasteiger partial charge in [0.25, 0.3) is 5.56 Å². The minimum Gasteiger partial charge on any atom is -0.462 e. The van der Waals surface area contributed by atoms with Gasteiger partial charge in [0, 0.05) is 5.56 Å². The molecule has 15 heteroatoms. The number of ether oxygens (including phenoxy) is 4. The van der Waals surface area contributed by atoms with Crippen LogP contribution in [0.5, 0.6) is 0 Å². The SMILES string of the molecule is Nc1nc2c(ncn2[C@@H]2O[C@H](COC(=O)CP(=O)(OCc3ccccc3)OCc3ccccc3)[C@H]3OC(c4ccccc4)O[C@H]32)c(=O)[nH]1. The molecule has 5 aromatic rings. The molecular formula is C33H32N5O9P. The summed E-state index contributed by atoms with van der Waals surface area (Å²) in [7, 11) is -3.96. The summed E-state index contributed by atoms with van der Waals surface area (Å²) < 4.78 is 51.4. The molecule has 0 amide bonds. The third kappa shape index (κ3) is 6.95. The smallest absolute Gasteiger partial charge is 0.342 e. The number of nitrogens with zero attached hydrogens (tertiary/aromatic N) is 3. The van der Waals surface area contributed by atoms with Gasteiger partial charge in [-0.25, -0.2) is 4.98 Å². The predicted octanol–water partition coefficient (Wildman–Crippen LogP) is 4.25. The van der Waals surface area contributed by atoms with Gasteiger partial charge in [0.1, 0.15) is 31.1 Å². The van der Waals surface area contributed by atoms with Crippen LogP contribution in [0.1, 0.15) is 29.2 Å². The largest absolute Gasteiger partial charge is 0.462 e. The Hall–Kier alpha value is -4.69. The molecule has 0 spiro atoms. The standard InChI is InChI=1S/C33H32N5O9P/c34-33-36-29-26(30(40)37-33)35-20-38(29)31-28-27(46-32(47-28)23-14-8-3-9-15-23)24(45-31)18-42-25(39)19-48(41,43-16-21-10-4-1-5-11-21)44-17-22-12-6-2-7-13-22/h1-15,20,24,27-28,31-32H,16-19H2,(H3,34,36,37,40)/t24-,27-,28-,31-,32?/m1/s1. The van der Waals surface area contributed by atoms with Gasteiger partial charge in [0.15, 0.2) is 23.7 Å². The van der Waals surface area contributed by atoms with Gasteiger partial charge < -0.3 is 33.7 Å². The lowest BCUT2D eigenvalue weighted by Crippen LogP contribution is -2.33. The molecule has 14 nitrogen and oxygen atoms in total. The first-order chi connectivity index (χ1) is 23.3. The second-order valence-corrected chi connectivity index (χ2v) is 13.3. The summed E-state index contributed by atoms with van der Waals surface area (Å²) in [4.78, 5) is 36.5. The molecule has 5 atom stereocenters. The van der Waals surface area contributed by atoms with Crippen LogP contribution < -0.4 is 11.3 Å². The van der Waals surface area contributed by atoms with Crippen LogP contribution in [0.2, 0.25) is 0 Å². The summed E-state index contributed by atoms with van der Waals surface area (Å²) in [5.41, 5.74) is 7.89. The molecule has 2 aromatic heterocycles. The Morgan fingerprint density at radius 3 is 2.12 bits per heavy atom. The summed E-state index contributed by atoms with van der Waals surface area (Å²) in [6.45, 7) is -0.311. The van der Waals surface area contributed by atoms with E-state index in [0.29, 0.717) is 0 Å². The monoisotopic (exact) mass is 673 g/mol.